The topological polar surface area (TPSA) is 94.5 Å². The molecule has 1 fully saturated rings. The number of aromatic nitrogens is 1. The van der Waals surface area contributed by atoms with Gasteiger partial charge in [0.25, 0.3) is 0 Å². The van der Waals surface area contributed by atoms with Crippen molar-refractivity contribution in [2.75, 3.05) is 23.4 Å². The van der Waals surface area contributed by atoms with Crippen molar-refractivity contribution in [3.05, 3.63) is 83.2 Å². The van der Waals surface area contributed by atoms with Gasteiger partial charge in [0.2, 0.25) is 5.78 Å². The highest BCUT2D eigenvalue weighted by Crippen LogP contribution is 2.29. The SMILES string of the molecule is Cc1cc(C(=O)COC(=O)c2ccccc2Nc2ccccc2)c(C)n1C1CCS(=O)(=O)C1. The summed E-state index contributed by atoms with van der Waals surface area (Å²) in [6.07, 6.45) is 0.534. The number of rotatable bonds is 7. The van der Waals surface area contributed by atoms with Gasteiger partial charge in [0.15, 0.2) is 16.4 Å². The number of hydrogen-bond donors (Lipinski definition) is 1. The molecule has 2 aromatic carbocycles. The third-order valence-corrected chi connectivity index (χ3v) is 7.64. The minimum atomic E-state index is -3.05. The van der Waals surface area contributed by atoms with Crippen LogP contribution in [-0.2, 0) is 14.6 Å². The summed E-state index contributed by atoms with van der Waals surface area (Å²) in [6.45, 7) is 3.25. The Bertz CT molecular complexity index is 1300. The van der Waals surface area contributed by atoms with Gasteiger partial charge in [-0.15, -0.1) is 0 Å². The summed E-state index contributed by atoms with van der Waals surface area (Å²) in [5, 5.41) is 3.19. The number of ketones is 1. The van der Waals surface area contributed by atoms with E-state index < -0.39 is 22.4 Å². The van der Waals surface area contributed by atoms with Gasteiger partial charge >= 0.3 is 5.97 Å². The molecular weight excluding hydrogens is 440 g/mol. The molecule has 0 aliphatic carbocycles. The van der Waals surface area contributed by atoms with Crippen LogP contribution in [0.15, 0.2) is 60.7 Å². The van der Waals surface area contributed by atoms with Crippen molar-refractivity contribution in [1.82, 2.24) is 4.57 Å². The van der Waals surface area contributed by atoms with Gasteiger partial charge in [-0.25, -0.2) is 13.2 Å². The molecule has 7 nitrogen and oxygen atoms in total. The summed E-state index contributed by atoms with van der Waals surface area (Å²) < 4.78 is 31.0. The van der Waals surface area contributed by atoms with Crippen LogP contribution in [0.1, 0.15) is 44.6 Å². The lowest BCUT2D eigenvalue weighted by molar-refractivity contribution is 0.0475. The van der Waals surface area contributed by atoms with Crippen molar-refractivity contribution in [3.63, 3.8) is 0 Å². The number of aryl methyl sites for hydroxylation is 1. The van der Waals surface area contributed by atoms with Crippen LogP contribution in [0.25, 0.3) is 0 Å². The number of para-hydroxylation sites is 2. The maximum absolute atomic E-state index is 12.9. The lowest BCUT2D eigenvalue weighted by atomic mass is 10.1. The number of esters is 1. The molecule has 1 atom stereocenters. The Kier molecular flexibility index (Phi) is 6.37. The summed E-state index contributed by atoms with van der Waals surface area (Å²) >= 11 is 0. The van der Waals surface area contributed by atoms with Gasteiger partial charge in [-0.2, -0.15) is 0 Å². The fourth-order valence-corrected chi connectivity index (χ4v) is 6.03. The largest absolute Gasteiger partial charge is 0.454 e. The van der Waals surface area contributed by atoms with Gasteiger partial charge in [0, 0.05) is 28.7 Å². The van der Waals surface area contributed by atoms with Crippen molar-refractivity contribution in [2.24, 2.45) is 0 Å². The molecule has 1 unspecified atom stereocenters. The van der Waals surface area contributed by atoms with E-state index in [1.165, 1.54) is 0 Å². The highest BCUT2D eigenvalue weighted by Gasteiger charge is 2.31. The fraction of sp³-hybridized carbons (Fsp3) is 0.280. The first-order valence-electron chi connectivity index (χ1n) is 10.8. The average molecular weight is 467 g/mol. The van der Waals surface area contributed by atoms with Crippen molar-refractivity contribution >= 4 is 33.0 Å². The molecule has 0 radical (unpaired) electrons. The molecule has 0 spiro atoms. The Balaban J connectivity index is 1.46. The maximum atomic E-state index is 12.9. The molecule has 0 bridgehead atoms. The number of sulfone groups is 1. The number of Topliss-reactive ketones (excluding diaryl/α,β-unsaturated/α-hetero) is 1. The van der Waals surface area contributed by atoms with Gasteiger partial charge in [-0.05, 0) is 50.6 Å². The third kappa shape index (κ3) is 5.01. The summed E-state index contributed by atoms with van der Waals surface area (Å²) in [5.41, 5.74) is 3.71. The Morgan fingerprint density at radius 1 is 1.03 bits per heavy atom. The second-order valence-corrected chi connectivity index (χ2v) is 10.5. The molecule has 0 amide bonds. The van der Waals surface area contributed by atoms with Crippen LogP contribution in [0.3, 0.4) is 0 Å². The van der Waals surface area contributed by atoms with Gasteiger partial charge in [-0.1, -0.05) is 30.3 Å². The standard InChI is InChI=1S/C25H26N2O5S/c1-17-14-22(18(2)27(17)20-12-13-33(30,31)16-20)24(28)15-32-25(29)21-10-6-7-11-23(21)26-19-8-4-3-5-9-19/h3-11,14,20,26H,12-13,15-16H2,1-2H3. The van der Waals surface area contributed by atoms with Crippen LogP contribution in [0.4, 0.5) is 11.4 Å². The average Bonchev–Trinajstić information content (AvgIpc) is 3.30. The molecule has 1 aromatic heterocycles. The van der Waals surface area contributed by atoms with E-state index in [1.54, 1.807) is 31.2 Å². The summed E-state index contributed by atoms with van der Waals surface area (Å²) in [5.74, 6) is -0.682. The highest BCUT2D eigenvalue weighted by molar-refractivity contribution is 7.91. The van der Waals surface area contributed by atoms with E-state index in [0.29, 0.717) is 28.9 Å². The van der Waals surface area contributed by atoms with Gasteiger partial charge in [-0.3, -0.25) is 4.79 Å². The quantitative estimate of drug-likeness (QED) is 0.413. The maximum Gasteiger partial charge on any atom is 0.340 e. The summed E-state index contributed by atoms with van der Waals surface area (Å²) in [6, 6.07) is 18.0. The first-order chi connectivity index (χ1) is 15.7. The van der Waals surface area contributed by atoms with Crippen LogP contribution >= 0.6 is 0 Å². The van der Waals surface area contributed by atoms with E-state index in [1.807, 2.05) is 47.9 Å². The smallest absolute Gasteiger partial charge is 0.340 e. The Labute approximate surface area is 193 Å². The van der Waals surface area contributed by atoms with E-state index >= 15 is 0 Å². The second kappa shape index (κ2) is 9.23. The molecule has 3 aromatic rings. The lowest BCUT2D eigenvalue weighted by Gasteiger charge is -2.16. The zero-order valence-corrected chi connectivity index (χ0v) is 19.4. The van der Waals surface area contributed by atoms with Gasteiger partial charge in [0.1, 0.15) is 0 Å². The number of ether oxygens (including phenoxy) is 1. The number of hydrogen-bond acceptors (Lipinski definition) is 6. The molecular formula is C25H26N2O5S. The van der Waals surface area contributed by atoms with Crippen molar-refractivity contribution in [3.8, 4) is 0 Å². The minimum absolute atomic E-state index is 0.0805. The lowest BCUT2D eigenvalue weighted by Crippen LogP contribution is -2.17. The predicted octanol–water partition coefficient (Wildman–Crippen LogP) is 4.25. The molecule has 1 saturated heterocycles. The van der Waals surface area contributed by atoms with Gasteiger partial charge in [0.05, 0.1) is 22.8 Å². The molecule has 1 aliphatic rings. The Morgan fingerprint density at radius 3 is 2.42 bits per heavy atom. The van der Waals surface area contributed by atoms with E-state index in [4.69, 9.17) is 4.74 Å². The van der Waals surface area contributed by atoms with Crippen molar-refractivity contribution < 1.29 is 22.7 Å². The minimum Gasteiger partial charge on any atom is -0.454 e. The fourth-order valence-electron chi connectivity index (χ4n) is 4.33. The van der Waals surface area contributed by atoms with Crippen molar-refractivity contribution in [1.29, 1.82) is 0 Å². The van der Waals surface area contributed by atoms with Crippen molar-refractivity contribution in [2.45, 2.75) is 26.3 Å². The molecule has 172 valence electrons. The molecule has 8 heteroatoms. The number of nitrogens with one attached hydrogen (secondary N) is 1. The van der Waals surface area contributed by atoms with Crippen LogP contribution in [0.5, 0.6) is 0 Å². The van der Waals surface area contributed by atoms with E-state index in [9.17, 15) is 18.0 Å². The summed E-state index contributed by atoms with van der Waals surface area (Å²) in [7, 11) is -3.05. The number of carbonyl (C=O) groups is 2. The highest BCUT2D eigenvalue weighted by atomic mass is 32.2. The molecule has 33 heavy (non-hydrogen) atoms. The van der Waals surface area contributed by atoms with E-state index in [0.717, 1.165) is 11.4 Å². The molecule has 4 rings (SSSR count). The molecule has 1 aliphatic heterocycles. The van der Waals surface area contributed by atoms with E-state index in [-0.39, 0.29) is 23.3 Å². The zero-order valence-electron chi connectivity index (χ0n) is 18.6. The zero-order chi connectivity index (χ0) is 23.6. The predicted molar refractivity (Wildman–Crippen MR) is 127 cm³/mol. The molecule has 0 saturated carbocycles. The van der Waals surface area contributed by atoms with Crippen LogP contribution in [0, 0.1) is 13.8 Å². The number of carbonyl (C=O) groups excluding carboxylic acids is 2. The first-order valence-corrected chi connectivity index (χ1v) is 12.6. The Hall–Kier alpha value is -3.39. The monoisotopic (exact) mass is 466 g/mol. The second-order valence-electron chi connectivity index (χ2n) is 8.25. The first kappa shape index (κ1) is 22.8. The molecule has 2 heterocycles. The third-order valence-electron chi connectivity index (χ3n) is 5.89. The van der Waals surface area contributed by atoms with Gasteiger partial charge < -0.3 is 14.6 Å². The number of nitrogens with zero attached hydrogens (tertiary/aromatic N) is 1. The van der Waals surface area contributed by atoms with Crippen LogP contribution in [-0.4, -0.2) is 42.9 Å². The molecule has 1 N–H and O–H groups in total. The number of benzene rings is 2. The normalized spacial score (nSPS) is 17.0. The Morgan fingerprint density at radius 2 is 1.73 bits per heavy atom. The van der Waals surface area contributed by atoms with E-state index in [2.05, 4.69) is 5.32 Å². The summed E-state index contributed by atoms with van der Waals surface area (Å²) in [4.78, 5) is 25.6. The van der Waals surface area contributed by atoms with Crippen LogP contribution < -0.4 is 5.32 Å². The van der Waals surface area contributed by atoms with Crippen LogP contribution in [0.2, 0.25) is 0 Å². The number of anilines is 2.